The van der Waals surface area contributed by atoms with Crippen LogP contribution in [-0.2, 0) is 10.0 Å². The zero-order valence-corrected chi connectivity index (χ0v) is 13.8. The molecule has 0 bridgehead atoms. The fraction of sp³-hybridized carbons (Fsp3) is 0.571. The molecule has 0 aliphatic heterocycles. The van der Waals surface area contributed by atoms with E-state index >= 15 is 0 Å². The number of nitrogens with two attached hydrogens (primary N) is 1. The fourth-order valence-electron chi connectivity index (χ4n) is 1.99. The molecule has 0 heterocycles. The SMILES string of the molecule is CCCCCN(C(C)C)S(=O)(=O)c1ccc(Cl)c(N)c1. The number of unbranched alkanes of at least 4 members (excludes halogenated alkanes) is 2. The summed E-state index contributed by atoms with van der Waals surface area (Å²) in [5.41, 5.74) is 5.98. The second-order valence-electron chi connectivity index (χ2n) is 5.10. The van der Waals surface area contributed by atoms with Gasteiger partial charge in [0, 0.05) is 12.6 Å². The van der Waals surface area contributed by atoms with Crippen LogP contribution in [0.4, 0.5) is 5.69 Å². The smallest absolute Gasteiger partial charge is 0.243 e. The lowest BCUT2D eigenvalue weighted by Crippen LogP contribution is -2.37. The molecule has 0 saturated carbocycles. The minimum atomic E-state index is -3.53. The van der Waals surface area contributed by atoms with E-state index in [1.165, 1.54) is 22.5 Å². The predicted octanol–water partition coefficient (Wildman–Crippen LogP) is 3.51. The van der Waals surface area contributed by atoms with Gasteiger partial charge in [-0.25, -0.2) is 8.42 Å². The van der Waals surface area contributed by atoms with Gasteiger partial charge in [-0.05, 0) is 38.5 Å². The van der Waals surface area contributed by atoms with Gasteiger partial charge < -0.3 is 5.73 Å². The van der Waals surface area contributed by atoms with Gasteiger partial charge in [0.2, 0.25) is 10.0 Å². The summed E-state index contributed by atoms with van der Waals surface area (Å²) in [6, 6.07) is 4.36. The molecule has 2 N–H and O–H groups in total. The van der Waals surface area contributed by atoms with E-state index in [0.717, 1.165) is 19.3 Å². The zero-order chi connectivity index (χ0) is 15.3. The Hall–Kier alpha value is -0.780. The van der Waals surface area contributed by atoms with Crippen LogP contribution in [0.15, 0.2) is 23.1 Å². The molecule has 1 aromatic rings. The number of benzene rings is 1. The molecule has 114 valence electrons. The Kier molecular flexibility index (Phi) is 6.30. The van der Waals surface area contributed by atoms with Gasteiger partial charge in [-0.2, -0.15) is 4.31 Å². The standard InChI is InChI=1S/C14H23ClN2O2S/c1-4-5-6-9-17(11(2)3)20(18,19)12-7-8-13(15)14(16)10-12/h7-8,10-11H,4-6,9,16H2,1-3H3. The van der Waals surface area contributed by atoms with Crippen molar-refractivity contribution in [3.8, 4) is 0 Å². The van der Waals surface area contributed by atoms with Crippen molar-refractivity contribution in [3.05, 3.63) is 23.2 Å². The van der Waals surface area contributed by atoms with Crippen LogP contribution in [0.25, 0.3) is 0 Å². The van der Waals surface area contributed by atoms with E-state index in [2.05, 4.69) is 6.92 Å². The second-order valence-corrected chi connectivity index (χ2v) is 7.40. The molecule has 0 atom stereocenters. The predicted molar refractivity (Wildman–Crippen MR) is 84.4 cm³/mol. The lowest BCUT2D eigenvalue weighted by molar-refractivity contribution is 0.345. The maximum Gasteiger partial charge on any atom is 0.243 e. The van der Waals surface area contributed by atoms with E-state index in [1.807, 2.05) is 13.8 Å². The maximum atomic E-state index is 12.7. The summed E-state index contributed by atoms with van der Waals surface area (Å²) < 4.78 is 26.8. The van der Waals surface area contributed by atoms with E-state index in [-0.39, 0.29) is 16.6 Å². The number of hydrogen-bond acceptors (Lipinski definition) is 3. The highest BCUT2D eigenvalue weighted by atomic mass is 35.5. The highest BCUT2D eigenvalue weighted by Crippen LogP contribution is 2.25. The molecule has 4 nitrogen and oxygen atoms in total. The molecule has 0 spiro atoms. The molecule has 0 aliphatic carbocycles. The van der Waals surface area contributed by atoms with E-state index < -0.39 is 10.0 Å². The van der Waals surface area contributed by atoms with Crippen molar-refractivity contribution in [2.45, 2.75) is 51.0 Å². The maximum absolute atomic E-state index is 12.7. The van der Waals surface area contributed by atoms with Gasteiger partial charge in [-0.1, -0.05) is 31.4 Å². The first kappa shape index (κ1) is 17.3. The van der Waals surface area contributed by atoms with Crippen LogP contribution in [0.5, 0.6) is 0 Å². The molecule has 0 aromatic heterocycles. The fourth-order valence-corrected chi connectivity index (χ4v) is 3.82. The van der Waals surface area contributed by atoms with Crippen molar-refractivity contribution < 1.29 is 8.42 Å². The van der Waals surface area contributed by atoms with Crippen molar-refractivity contribution in [3.63, 3.8) is 0 Å². The van der Waals surface area contributed by atoms with E-state index in [4.69, 9.17) is 17.3 Å². The number of sulfonamides is 1. The average Bonchev–Trinajstić information content (AvgIpc) is 2.37. The minimum absolute atomic E-state index is 0.0891. The monoisotopic (exact) mass is 318 g/mol. The summed E-state index contributed by atoms with van der Waals surface area (Å²) in [6.07, 6.45) is 2.93. The van der Waals surface area contributed by atoms with Crippen LogP contribution in [0, 0.1) is 0 Å². The third kappa shape index (κ3) is 4.11. The quantitative estimate of drug-likeness (QED) is 0.618. The van der Waals surface area contributed by atoms with Crippen molar-refractivity contribution in [1.29, 1.82) is 0 Å². The molecule has 0 aliphatic rings. The normalized spacial score (nSPS) is 12.3. The Labute approximate surface area is 127 Å². The highest BCUT2D eigenvalue weighted by Gasteiger charge is 2.26. The van der Waals surface area contributed by atoms with Gasteiger partial charge in [-0.3, -0.25) is 0 Å². The van der Waals surface area contributed by atoms with Gasteiger partial charge >= 0.3 is 0 Å². The summed E-state index contributed by atoms with van der Waals surface area (Å²) >= 11 is 5.84. The summed E-state index contributed by atoms with van der Waals surface area (Å²) in [7, 11) is -3.53. The molecule has 1 aromatic carbocycles. The van der Waals surface area contributed by atoms with E-state index in [9.17, 15) is 8.42 Å². The molecule has 0 radical (unpaired) electrons. The van der Waals surface area contributed by atoms with Gasteiger partial charge in [0.1, 0.15) is 0 Å². The Morgan fingerprint density at radius 1 is 1.30 bits per heavy atom. The number of anilines is 1. The Balaban J connectivity index is 3.06. The Morgan fingerprint density at radius 2 is 1.95 bits per heavy atom. The van der Waals surface area contributed by atoms with Crippen molar-refractivity contribution in [1.82, 2.24) is 4.31 Å². The van der Waals surface area contributed by atoms with Crippen LogP contribution in [-0.4, -0.2) is 25.3 Å². The lowest BCUT2D eigenvalue weighted by atomic mass is 10.2. The van der Waals surface area contributed by atoms with Crippen LogP contribution in [0.2, 0.25) is 5.02 Å². The number of halogens is 1. The van der Waals surface area contributed by atoms with Crippen LogP contribution in [0.1, 0.15) is 40.0 Å². The number of nitrogen functional groups attached to an aromatic ring is 1. The minimum Gasteiger partial charge on any atom is -0.397 e. The first-order chi connectivity index (χ1) is 9.30. The number of hydrogen-bond donors (Lipinski definition) is 1. The highest BCUT2D eigenvalue weighted by molar-refractivity contribution is 7.89. The third-order valence-corrected chi connectivity index (χ3v) is 5.55. The Morgan fingerprint density at radius 3 is 2.45 bits per heavy atom. The Bertz CT molecular complexity index is 544. The largest absolute Gasteiger partial charge is 0.397 e. The number of rotatable bonds is 7. The third-order valence-electron chi connectivity index (χ3n) is 3.13. The molecule has 0 amide bonds. The molecule has 0 saturated heterocycles. The van der Waals surface area contributed by atoms with Gasteiger partial charge in [0.25, 0.3) is 0 Å². The molecule has 6 heteroatoms. The zero-order valence-electron chi connectivity index (χ0n) is 12.3. The molecular weight excluding hydrogens is 296 g/mol. The molecule has 0 unspecified atom stereocenters. The van der Waals surface area contributed by atoms with Gasteiger partial charge in [0.15, 0.2) is 0 Å². The van der Waals surface area contributed by atoms with Gasteiger partial charge in [0.05, 0.1) is 15.6 Å². The first-order valence-electron chi connectivity index (χ1n) is 6.87. The molecule has 0 fully saturated rings. The lowest BCUT2D eigenvalue weighted by Gasteiger charge is -2.26. The summed E-state index contributed by atoms with van der Waals surface area (Å²) in [6.45, 7) is 6.37. The van der Waals surface area contributed by atoms with E-state index in [1.54, 1.807) is 0 Å². The van der Waals surface area contributed by atoms with Crippen LogP contribution in [0.3, 0.4) is 0 Å². The van der Waals surface area contributed by atoms with Crippen molar-refractivity contribution in [2.24, 2.45) is 0 Å². The molecular formula is C14H23ClN2O2S. The average molecular weight is 319 g/mol. The van der Waals surface area contributed by atoms with Gasteiger partial charge in [-0.15, -0.1) is 0 Å². The summed E-state index contributed by atoms with van der Waals surface area (Å²) in [5, 5.41) is 0.367. The van der Waals surface area contributed by atoms with Crippen molar-refractivity contribution in [2.75, 3.05) is 12.3 Å². The van der Waals surface area contributed by atoms with Crippen molar-refractivity contribution >= 4 is 27.3 Å². The summed E-state index contributed by atoms with van der Waals surface area (Å²) in [4.78, 5) is 0.199. The number of nitrogens with zero attached hydrogens (tertiary/aromatic N) is 1. The topological polar surface area (TPSA) is 63.4 Å². The van der Waals surface area contributed by atoms with E-state index in [0.29, 0.717) is 11.6 Å². The molecule has 20 heavy (non-hydrogen) atoms. The van der Waals surface area contributed by atoms with Crippen LogP contribution >= 0.6 is 11.6 Å². The van der Waals surface area contributed by atoms with Crippen LogP contribution < -0.4 is 5.73 Å². The summed E-state index contributed by atoms with van der Waals surface area (Å²) in [5.74, 6) is 0. The first-order valence-corrected chi connectivity index (χ1v) is 8.69. The second kappa shape index (κ2) is 7.29. The molecule has 1 rings (SSSR count).